The zero-order chi connectivity index (χ0) is 16.5. The molecule has 0 saturated carbocycles. The molecule has 0 bridgehead atoms. The van der Waals surface area contributed by atoms with Gasteiger partial charge in [0.05, 0.1) is 11.4 Å². The molecule has 0 aliphatic rings. The number of nitrogens with one attached hydrogen (secondary N) is 1. The molecular weight excluding hydrogens is 286 g/mol. The monoisotopic (exact) mass is 315 g/mol. The van der Waals surface area contributed by atoms with E-state index in [4.69, 9.17) is 4.84 Å². The molecular formula is C19H29N3O. The van der Waals surface area contributed by atoms with E-state index in [1.807, 2.05) is 48.0 Å². The summed E-state index contributed by atoms with van der Waals surface area (Å²) in [5, 5.41) is 4.51. The zero-order valence-corrected chi connectivity index (χ0v) is 14.6. The lowest BCUT2D eigenvalue weighted by atomic mass is 10.1. The van der Waals surface area contributed by atoms with E-state index in [1.165, 1.54) is 32.1 Å². The number of benzene rings is 1. The zero-order valence-electron chi connectivity index (χ0n) is 14.6. The van der Waals surface area contributed by atoms with Gasteiger partial charge in [0.15, 0.2) is 0 Å². The second-order valence-electron chi connectivity index (χ2n) is 6.20. The molecule has 0 radical (unpaired) electrons. The van der Waals surface area contributed by atoms with Crippen molar-refractivity contribution in [3.05, 3.63) is 42.1 Å². The highest BCUT2D eigenvalue weighted by Gasteiger charge is 2.10. The Hall–Kier alpha value is -1.81. The van der Waals surface area contributed by atoms with E-state index in [-0.39, 0.29) is 0 Å². The predicted molar refractivity (Wildman–Crippen MR) is 94.9 cm³/mol. The van der Waals surface area contributed by atoms with Crippen LogP contribution in [0, 0.1) is 6.92 Å². The van der Waals surface area contributed by atoms with E-state index in [0.717, 1.165) is 23.7 Å². The quantitative estimate of drug-likeness (QED) is 0.505. The Balaban J connectivity index is 1.84. The summed E-state index contributed by atoms with van der Waals surface area (Å²) in [6, 6.07) is 12.3. The molecule has 2 rings (SSSR count). The van der Waals surface area contributed by atoms with Gasteiger partial charge in [-0.3, -0.25) is 0 Å². The maximum absolute atomic E-state index is 5.80. The third-order valence-corrected chi connectivity index (χ3v) is 3.90. The van der Waals surface area contributed by atoms with E-state index < -0.39 is 0 Å². The summed E-state index contributed by atoms with van der Waals surface area (Å²) in [7, 11) is 0. The highest BCUT2D eigenvalue weighted by Crippen LogP contribution is 2.18. The van der Waals surface area contributed by atoms with E-state index in [1.54, 1.807) is 0 Å². The Morgan fingerprint density at radius 2 is 1.87 bits per heavy atom. The molecule has 1 N–H and O–H groups in total. The number of hydrogen-bond acceptors (Lipinski definition) is 3. The third-order valence-electron chi connectivity index (χ3n) is 3.90. The van der Waals surface area contributed by atoms with Crippen LogP contribution in [0.25, 0.3) is 5.69 Å². The maximum atomic E-state index is 5.80. The Labute approximate surface area is 139 Å². The number of hydrogen-bond donors (Lipinski definition) is 1. The first kappa shape index (κ1) is 17.5. The minimum Gasteiger partial charge on any atom is -0.388 e. The predicted octanol–water partition coefficient (Wildman–Crippen LogP) is 4.81. The van der Waals surface area contributed by atoms with Crippen LogP contribution in [0.5, 0.6) is 5.88 Å². The SMILES string of the molecule is CCCCCCCC(C)NOc1cc(C)nn1-c1ccccc1. The smallest absolute Gasteiger partial charge is 0.241 e. The third kappa shape index (κ3) is 5.71. The molecule has 0 aliphatic carbocycles. The van der Waals surface area contributed by atoms with Crippen LogP contribution in [0.2, 0.25) is 0 Å². The number of aryl methyl sites for hydroxylation is 1. The molecule has 0 aliphatic heterocycles. The first-order valence-electron chi connectivity index (χ1n) is 8.75. The largest absolute Gasteiger partial charge is 0.388 e. The average molecular weight is 315 g/mol. The molecule has 2 aromatic rings. The van der Waals surface area contributed by atoms with Gasteiger partial charge in [0, 0.05) is 12.1 Å². The number of rotatable bonds is 10. The van der Waals surface area contributed by atoms with Crippen LogP contribution < -0.4 is 10.3 Å². The molecule has 0 spiro atoms. The lowest BCUT2D eigenvalue weighted by molar-refractivity contribution is 0.144. The van der Waals surface area contributed by atoms with Gasteiger partial charge in [-0.2, -0.15) is 15.3 Å². The first-order valence-corrected chi connectivity index (χ1v) is 8.75. The number of para-hydroxylation sites is 1. The van der Waals surface area contributed by atoms with Gasteiger partial charge < -0.3 is 4.84 Å². The molecule has 1 unspecified atom stereocenters. The Morgan fingerprint density at radius 1 is 1.13 bits per heavy atom. The van der Waals surface area contributed by atoms with Crippen molar-refractivity contribution in [2.45, 2.75) is 65.3 Å². The standard InChI is InChI=1S/C19H29N3O/c1-4-5-6-7-9-12-16(2)21-23-19-15-17(3)20-22(19)18-13-10-8-11-14-18/h8,10-11,13-16,21H,4-7,9,12H2,1-3H3. The van der Waals surface area contributed by atoms with E-state index in [2.05, 4.69) is 24.4 Å². The van der Waals surface area contributed by atoms with Crippen LogP contribution >= 0.6 is 0 Å². The molecule has 4 nitrogen and oxygen atoms in total. The fraction of sp³-hybridized carbons (Fsp3) is 0.526. The van der Waals surface area contributed by atoms with Crippen LogP contribution in [0.4, 0.5) is 0 Å². The molecule has 126 valence electrons. The van der Waals surface area contributed by atoms with Gasteiger partial charge in [-0.1, -0.05) is 57.2 Å². The molecule has 1 heterocycles. The van der Waals surface area contributed by atoms with Gasteiger partial charge >= 0.3 is 0 Å². The highest BCUT2D eigenvalue weighted by molar-refractivity contribution is 5.35. The van der Waals surface area contributed by atoms with Gasteiger partial charge in [0.1, 0.15) is 0 Å². The molecule has 1 atom stereocenters. The lowest BCUT2D eigenvalue weighted by Gasteiger charge is -2.15. The fourth-order valence-corrected chi connectivity index (χ4v) is 2.58. The van der Waals surface area contributed by atoms with Gasteiger partial charge in [-0.15, -0.1) is 0 Å². The Morgan fingerprint density at radius 3 is 2.61 bits per heavy atom. The van der Waals surface area contributed by atoms with Crippen molar-refractivity contribution in [1.82, 2.24) is 15.3 Å². The summed E-state index contributed by atoms with van der Waals surface area (Å²) >= 11 is 0. The Kier molecular flexibility index (Phi) is 7.14. The van der Waals surface area contributed by atoms with E-state index in [0.29, 0.717) is 6.04 Å². The van der Waals surface area contributed by atoms with Gasteiger partial charge in [0.2, 0.25) is 5.88 Å². The van der Waals surface area contributed by atoms with Gasteiger partial charge in [-0.25, -0.2) is 0 Å². The molecule has 0 saturated heterocycles. The molecule has 1 aromatic heterocycles. The maximum Gasteiger partial charge on any atom is 0.241 e. The van der Waals surface area contributed by atoms with Crippen molar-refractivity contribution in [3.8, 4) is 11.6 Å². The second kappa shape index (κ2) is 9.36. The van der Waals surface area contributed by atoms with Crippen molar-refractivity contribution >= 4 is 0 Å². The highest BCUT2D eigenvalue weighted by atomic mass is 16.7. The summed E-state index contributed by atoms with van der Waals surface area (Å²) in [4.78, 5) is 5.80. The number of hydroxylamine groups is 1. The summed E-state index contributed by atoms with van der Waals surface area (Å²) in [5.41, 5.74) is 5.10. The van der Waals surface area contributed by atoms with E-state index in [9.17, 15) is 0 Å². The number of nitrogens with zero attached hydrogens (tertiary/aromatic N) is 2. The lowest BCUT2D eigenvalue weighted by Crippen LogP contribution is -2.30. The second-order valence-corrected chi connectivity index (χ2v) is 6.20. The van der Waals surface area contributed by atoms with Gasteiger partial charge in [-0.05, 0) is 32.4 Å². The first-order chi connectivity index (χ1) is 11.2. The summed E-state index contributed by atoms with van der Waals surface area (Å²) in [6.45, 7) is 6.38. The van der Waals surface area contributed by atoms with Gasteiger partial charge in [0.25, 0.3) is 0 Å². The van der Waals surface area contributed by atoms with Crippen LogP contribution in [-0.2, 0) is 0 Å². The minimum atomic E-state index is 0.330. The van der Waals surface area contributed by atoms with Crippen molar-refractivity contribution in [3.63, 3.8) is 0 Å². The van der Waals surface area contributed by atoms with Crippen LogP contribution in [0.3, 0.4) is 0 Å². The van der Waals surface area contributed by atoms with Crippen LogP contribution in [-0.4, -0.2) is 15.8 Å². The molecule has 4 heteroatoms. The number of aromatic nitrogens is 2. The minimum absolute atomic E-state index is 0.330. The summed E-state index contributed by atoms with van der Waals surface area (Å²) in [5.74, 6) is 0.728. The topological polar surface area (TPSA) is 39.1 Å². The summed E-state index contributed by atoms with van der Waals surface area (Å²) in [6.07, 6.45) is 7.65. The number of unbranched alkanes of at least 4 members (excludes halogenated alkanes) is 4. The fourth-order valence-electron chi connectivity index (χ4n) is 2.58. The summed E-state index contributed by atoms with van der Waals surface area (Å²) < 4.78 is 1.83. The van der Waals surface area contributed by atoms with Crippen molar-refractivity contribution in [2.24, 2.45) is 0 Å². The van der Waals surface area contributed by atoms with Crippen molar-refractivity contribution < 1.29 is 4.84 Å². The molecule has 0 amide bonds. The molecule has 23 heavy (non-hydrogen) atoms. The van der Waals surface area contributed by atoms with E-state index >= 15 is 0 Å². The van der Waals surface area contributed by atoms with Crippen molar-refractivity contribution in [2.75, 3.05) is 0 Å². The van der Waals surface area contributed by atoms with Crippen LogP contribution in [0.1, 0.15) is 58.1 Å². The Bertz CT molecular complexity index is 565. The molecule has 1 aromatic carbocycles. The molecule has 0 fully saturated rings. The average Bonchev–Trinajstić information content (AvgIpc) is 2.94. The normalized spacial score (nSPS) is 12.3. The van der Waals surface area contributed by atoms with Crippen molar-refractivity contribution in [1.29, 1.82) is 0 Å². The van der Waals surface area contributed by atoms with Crippen LogP contribution in [0.15, 0.2) is 36.4 Å².